The molecule has 1 unspecified atom stereocenters. The smallest absolute Gasteiger partial charge is 0.307 e. The Morgan fingerprint density at radius 2 is 2.44 bits per heavy atom. The summed E-state index contributed by atoms with van der Waals surface area (Å²) in [5, 5.41) is 17.5. The second-order valence-corrected chi connectivity index (χ2v) is 4.24. The largest absolute Gasteiger partial charge is 0.481 e. The maximum atomic E-state index is 10.9. The molecule has 1 rings (SSSR count). The van der Waals surface area contributed by atoms with Gasteiger partial charge in [-0.25, -0.2) is 0 Å². The van der Waals surface area contributed by atoms with Gasteiger partial charge in [-0.15, -0.1) is 0 Å². The van der Waals surface area contributed by atoms with Gasteiger partial charge in [0, 0.05) is 38.4 Å². The van der Waals surface area contributed by atoms with Crippen LogP contribution < -0.4 is 0 Å². The van der Waals surface area contributed by atoms with Gasteiger partial charge in [-0.05, 0) is 11.6 Å². The summed E-state index contributed by atoms with van der Waals surface area (Å²) in [7, 11) is 0. The van der Waals surface area contributed by atoms with Gasteiger partial charge in [0.05, 0.1) is 12.0 Å². The van der Waals surface area contributed by atoms with Gasteiger partial charge in [0.1, 0.15) is 0 Å². The molecule has 1 atom stereocenters. The molecule has 96 valence electrons. The third kappa shape index (κ3) is 4.93. The molecule has 5 heteroatoms. The highest BCUT2D eigenvalue weighted by molar-refractivity contribution is 5.69. The lowest BCUT2D eigenvalue weighted by Crippen LogP contribution is -2.32. The number of pyridine rings is 1. The summed E-state index contributed by atoms with van der Waals surface area (Å²) in [6.07, 6.45) is 3.85. The van der Waals surface area contributed by atoms with Crippen LogP contribution in [0.15, 0.2) is 24.5 Å². The SMILES string of the molecule is CC(CN(CCC#N)Cc1cccnc1)C(=O)O. The molecule has 18 heavy (non-hydrogen) atoms. The van der Waals surface area contributed by atoms with Gasteiger partial charge >= 0.3 is 5.97 Å². The fourth-order valence-corrected chi connectivity index (χ4v) is 1.66. The van der Waals surface area contributed by atoms with E-state index >= 15 is 0 Å². The van der Waals surface area contributed by atoms with Crippen LogP contribution in [0.5, 0.6) is 0 Å². The monoisotopic (exact) mass is 247 g/mol. The minimum Gasteiger partial charge on any atom is -0.481 e. The maximum Gasteiger partial charge on any atom is 0.307 e. The van der Waals surface area contributed by atoms with Crippen LogP contribution in [0.4, 0.5) is 0 Å². The highest BCUT2D eigenvalue weighted by atomic mass is 16.4. The zero-order valence-electron chi connectivity index (χ0n) is 10.4. The summed E-state index contributed by atoms with van der Waals surface area (Å²) in [6.45, 7) is 3.30. The average Bonchev–Trinajstić information content (AvgIpc) is 2.37. The van der Waals surface area contributed by atoms with E-state index in [0.717, 1.165) is 5.56 Å². The van der Waals surface area contributed by atoms with E-state index < -0.39 is 11.9 Å². The Kier molecular flexibility index (Phi) is 5.81. The normalized spacial score (nSPS) is 12.1. The van der Waals surface area contributed by atoms with E-state index in [1.807, 2.05) is 17.0 Å². The molecule has 0 aliphatic heterocycles. The molecule has 5 nitrogen and oxygen atoms in total. The molecule has 0 spiro atoms. The Morgan fingerprint density at radius 1 is 1.67 bits per heavy atom. The number of hydrogen-bond acceptors (Lipinski definition) is 4. The molecule has 1 aromatic rings. The van der Waals surface area contributed by atoms with Crippen molar-refractivity contribution < 1.29 is 9.90 Å². The number of aromatic nitrogens is 1. The molecule has 1 N–H and O–H groups in total. The summed E-state index contributed by atoms with van der Waals surface area (Å²) in [5.41, 5.74) is 1.02. The van der Waals surface area contributed by atoms with Crippen molar-refractivity contribution in [3.05, 3.63) is 30.1 Å². The van der Waals surface area contributed by atoms with Crippen molar-refractivity contribution in [2.75, 3.05) is 13.1 Å². The van der Waals surface area contributed by atoms with E-state index in [4.69, 9.17) is 10.4 Å². The number of aliphatic carboxylic acids is 1. The van der Waals surface area contributed by atoms with Gasteiger partial charge in [0.15, 0.2) is 0 Å². The van der Waals surface area contributed by atoms with Crippen LogP contribution in [0.25, 0.3) is 0 Å². The topological polar surface area (TPSA) is 77.2 Å². The summed E-state index contributed by atoms with van der Waals surface area (Å²) in [6, 6.07) is 5.87. The van der Waals surface area contributed by atoms with Crippen LogP contribution in [-0.4, -0.2) is 34.0 Å². The summed E-state index contributed by atoms with van der Waals surface area (Å²) < 4.78 is 0. The van der Waals surface area contributed by atoms with Gasteiger partial charge in [0.2, 0.25) is 0 Å². The molecule has 0 aromatic carbocycles. The highest BCUT2D eigenvalue weighted by Gasteiger charge is 2.16. The molecule has 0 saturated heterocycles. The summed E-state index contributed by atoms with van der Waals surface area (Å²) >= 11 is 0. The number of carboxylic acid groups (broad SMARTS) is 1. The molecule has 0 saturated carbocycles. The molecule has 0 bridgehead atoms. The quantitative estimate of drug-likeness (QED) is 0.790. The first kappa shape index (κ1) is 14.1. The Balaban J connectivity index is 2.61. The second-order valence-electron chi connectivity index (χ2n) is 4.24. The fraction of sp³-hybridized carbons (Fsp3) is 0.462. The van der Waals surface area contributed by atoms with Gasteiger partial charge in [0.25, 0.3) is 0 Å². The van der Waals surface area contributed by atoms with E-state index in [2.05, 4.69) is 11.1 Å². The van der Waals surface area contributed by atoms with Crippen LogP contribution in [-0.2, 0) is 11.3 Å². The van der Waals surface area contributed by atoms with Crippen LogP contribution in [0.1, 0.15) is 18.9 Å². The van der Waals surface area contributed by atoms with Crippen LogP contribution in [0, 0.1) is 17.2 Å². The lowest BCUT2D eigenvalue weighted by molar-refractivity contribution is -0.141. The molecule has 1 heterocycles. The van der Waals surface area contributed by atoms with Crippen molar-refractivity contribution in [3.63, 3.8) is 0 Å². The Hall–Kier alpha value is -1.93. The first-order valence-corrected chi connectivity index (χ1v) is 5.84. The van der Waals surface area contributed by atoms with Crippen molar-refractivity contribution in [1.29, 1.82) is 5.26 Å². The molecule has 0 amide bonds. The van der Waals surface area contributed by atoms with Crippen molar-refractivity contribution >= 4 is 5.97 Å². The molecule has 0 fully saturated rings. The van der Waals surface area contributed by atoms with Crippen LogP contribution in [0.3, 0.4) is 0 Å². The number of carboxylic acids is 1. The van der Waals surface area contributed by atoms with E-state index in [1.54, 1.807) is 19.3 Å². The summed E-state index contributed by atoms with van der Waals surface area (Å²) in [5.74, 6) is -1.26. The number of carbonyl (C=O) groups is 1. The van der Waals surface area contributed by atoms with Crippen LogP contribution in [0.2, 0.25) is 0 Å². The van der Waals surface area contributed by atoms with Crippen molar-refractivity contribution in [2.24, 2.45) is 5.92 Å². The molecule has 1 aromatic heterocycles. The Bertz CT molecular complexity index is 414. The lowest BCUT2D eigenvalue weighted by atomic mass is 10.1. The Morgan fingerprint density at radius 3 is 3.00 bits per heavy atom. The van der Waals surface area contributed by atoms with E-state index in [0.29, 0.717) is 26.1 Å². The van der Waals surface area contributed by atoms with Crippen molar-refractivity contribution in [2.45, 2.75) is 19.9 Å². The predicted molar refractivity (Wildman–Crippen MR) is 66.5 cm³/mol. The van der Waals surface area contributed by atoms with Crippen LogP contribution >= 0.6 is 0 Å². The van der Waals surface area contributed by atoms with Crippen molar-refractivity contribution in [1.82, 2.24) is 9.88 Å². The zero-order valence-corrected chi connectivity index (χ0v) is 10.4. The van der Waals surface area contributed by atoms with E-state index in [9.17, 15) is 4.79 Å². The first-order valence-electron chi connectivity index (χ1n) is 5.84. The standard InChI is InChI=1S/C13H17N3O2/c1-11(13(17)18)9-16(7-3-5-14)10-12-4-2-6-15-8-12/h2,4,6,8,11H,3,7,9-10H2,1H3,(H,17,18). The van der Waals surface area contributed by atoms with Gasteiger partial charge in [-0.3, -0.25) is 14.7 Å². The average molecular weight is 247 g/mol. The number of nitriles is 1. The zero-order chi connectivity index (χ0) is 13.4. The third-order valence-electron chi connectivity index (χ3n) is 2.62. The van der Waals surface area contributed by atoms with Gasteiger partial charge in [-0.2, -0.15) is 5.26 Å². The van der Waals surface area contributed by atoms with Crippen molar-refractivity contribution in [3.8, 4) is 6.07 Å². The minimum atomic E-state index is -0.817. The second kappa shape index (κ2) is 7.41. The van der Waals surface area contributed by atoms with E-state index in [1.165, 1.54) is 0 Å². The number of rotatable bonds is 7. The lowest BCUT2D eigenvalue weighted by Gasteiger charge is -2.23. The number of nitrogens with zero attached hydrogens (tertiary/aromatic N) is 3. The third-order valence-corrected chi connectivity index (χ3v) is 2.62. The molecule has 0 aliphatic carbocycles. The van der Waals surface area contributed by atoms with Gasteiger partial charge < -0.3 is 5.11 Å². The molecule has 0 radical (unpaired) electrons. The first-order chi connectivity index (χ1) is 8.63. The fourth-order valence-electron chi connectivity index (χ4n) is 1.66. The molecular formula is C13H17N3O2. The van der Waals surface area contributed by atoms with Gasteiger partial charge in [-0.1, -0.05) is 13.0 Å². The molecule has 0 aliphatic rings. The maximum absolute atomic E-state index is 10.9. The van der Waals surface area contributed by atoms with E-state index in [-0.39, 0.29) is 0 Å². The number of hydrogen-bond donors (Lipinski definition) is 1. The minimum absolute atomic E-state index is 0.395. The predicted octanol–water partition coefficient (Wildman–Crippen LogP) is 1.52. The Labute approximate surface area is 107 Å². The molecular weight excluding hydrogens is 230 g/mol. The highest BCUT2D eigenvalue weighted by Crippen LogP contribution is 2.07. The summed E-state index contributed by atoms with van der Waals surface area (Å²) in [4.78, 5) is 16.9.